The van der Waals surface area contributed by atoms with Gasteiger partial charge in [0.05, 0.1) is 17.6 Å². The Morgan fingerprint density at radius 2 is 1.81 bits per heavy atom. The van der Waals surface area contributed by atoms with Crippen molar-refractivity contribution in [2.45, 2.75) is 37.8 Å². The number of benzene rings is 1. The van der Waals surface area contributed by atoms with Crippen LogP contribution in [-0.2, 0) is 0 Å². The first-order valence-electron chi connectivity index (χ1n) is 5.86. The molecule has 2 aliphatic rings. The first kappa shape index (κ1) is 10.6. The summed E-state index contributed by atoms with van der Waals surface area (Å²) in [5.41, 5.74) is 0.873. The third-order valence-electron chi connectivity index (χ3n) is 3.66. The largest absolute Gasteiger partial charge is 0.329 e. The molecule has 1 heterocycles. The Kier molecular flexibility index (Phi) is 2.65. The number of halogens is 1. The summed E-state index contributed by atoms with van der Waals surface area (Å²) >= 11 is 2.24. The topological polar surface area (TPSA) is 20.1 Å². The molecule has 2 atom stereocenters. The SMILES string of the molecule is O=C(c1ccccc1I)N1C2CCCCC21. The van der Waals surface area contributed by atoms with Gasteiger partial charge in [-0.15, -0.1) is 0 Å². The van der Waals surface area contributed by atoms with E-state index in [4.69, 9.17) is 0 Å². The first-order chi connectivity index (χ1) is 7.79. The van der Waals surface area contributed by atoms with Gasteiger partial charge in [0.15, 0.2) is 0 Å². The number of nitrogens with zero attached hydrogens (tertiary/aromatic N) is 1. The van der Waals surface area contributed by atoms with Crippen LogP contribution in [0.25, 0.3) is 0 Å². The normalized spacial score (nSPS) is 27.4. The summed E-state index contributed by atoms with van der Waals surface area (Å²) < 4.78 is 1.06. The second-order valence-corrected chi connectivity index (χ2v) is 5.77. The third-order valence-corrected chi connectivity index (χ3v) is 4.60. The minimum Gasteiger partial charge on any atom is -0.329 e. The van der Waals surface area contributed by atoms with Crippen LogP contribution in [-0.4, -0.2) is 22.9 Å². The number of hydrogen-bond donors (Lipinski definition) is 0. The molecule has 1 aliphatic carbocycles. The highest BCUT2D eigenvalue weighted by Gasteiger charge is 2.51. The minimum absolute atomic E-state index is 0.238. The Labute approximate surface area is 109 Å². The predicted molar refractivity (Wildman–Crippen MR) is 71.4 cm³/mol. The lowest BCUT2D eigenvalue weighted by molar-refractivity contribution is 0.0864. The highest BCUT2D eigenvalue weighted by atomic mass is 127. The summed E-state index contributed by atoms with van der Waals surface area (Å²) in [5, 5.41) is 0. The molecule has 1 aromatic carbocycles. The molecular formula is C13H14INO. The lowest BCUT2D eigenvalue weighted by Crippen LogP contribution is -2.15. The van der Waals surface area contributed by atoms with E-state index in [2.05, 4.69) is 27.5 Å². The average Bonchev–Trinajstić information content (AvgIpc) is 3.03. The van der Waals surface area contributed by atoms with Gasteiger partial charge in [0.1, 0.15) is 0 Å². The second-order valence-electron chi connectivity index (χ2n) is 4.61. The van der Waals surface area contributed by atoms with Gasteiger partial charge < -0.3 is 4.90 Å². The van der Waals surface area contributed by atoms with E-state index in [0.29, 0.717) is 12.1 Å². The summed E-state index contributed by atoms with van der Waals surface area (Å²) in [6.07, 6.45) is 4.99. The molecule has 1 aromatic rings. The van der Waals surface area contributed by atoms with Crippen LogP contribution in [0.4, 0.5) is 0 Å². The lowest BCUT2D eigenvalue weighted by atomic mass is 10.0. The van der Waals surface area contributed by atoms with Crippen LogP contribution in [0.15, 0.2) is 24.3 Å². The molecule has 0 N–H and O–H groups in total. The van der Waals surface area contributed by atoms with E-state index in [-0.39, 0.29) is 5.91 Å². The van der Waals surface area contributed by atoms with Crippen LogP contribution in [0.5, 0.6) is 0 Å². The van der Waals surface area contributed by atoms with Gasteiger partial charge in [-0.3, -0.25) is 4.79 Å². The zero-order valence-corrected chi connectivity index (χ0v) is 11.2. The maximum Gasteiger partial charge on any atom is 0.255 e. The smallest absolute Gasteiger partial charge is 0.255 e. The van der Waals surface area contributed by atoms with Crippen LogP contribution in [0.1, 0.15) is 36.0 Å². The molecule has 1 amide bonds. The van der Waals surface area contributed by atoms with Gasteiger partial charge in [0.25, 0.3) is 5.91 Å². The van der Waals surface area contributed by atoms with E-state index < -0.39 is 0 Å². The van der Waals surface area contributed by atoms with Crippen molar-refractivity contribution in [3.8, 4) is 0 Å². The van der Waals surface area contributed by atoms with Crippen molar-refractivity contribution in [2.24, 2.45) is 0 Å². The molecule has 2 unspecified atom stereocenters. The van der Waals surface area contributed by atoms with Crippen LogP contribution >= 0.6 is 22.6 Å². The van der Waals surface area contributed by atoms with Gasteiger partial charge >= 0.3 is 0 Å². The van der Waals surface area contributed by atoms with E-state index in [9.17, 15) is 4.79 Å². The fourth-order valence-electron chi connectivity index (χ4n) is 2.78. The summed E-state index contributed by atoms with van der Waals surface area (Å²) in [6.45, 7) is 0. The Morgan fingerprint density at radius 1 is 1.19 bits per heavy atom. The highest BCUT2D eigenvalue weighted by Crippen LogP contribution is 2.41. The standard InChI is InChI=1S/C13H14INO/c14-10-6-2-1-5-9(10)13(16)15-11-7-3-4-8-12(11)15/h1-2,5-6,11-12H,3-4,7-8H2. The molecule has 2 fully saturated rings. The summed E-state index contributed by atoms with van der Waals surface area (Å²) in [5.74, 6) is 0.238. The molecule has 0 bridgehead atoms. The molecule has 16 heavy (non-hydrogen) atoms. The van der Waals surface area contributed by atoms with E-state index in [0.717, 1.165) is 9.13 Å². The maximum atomic E-state index is 12.3. The van der Waals surface area contributed by atoms with Gasteiger partial charge in [0.2, 0.25) is 0 Å². The van der Waals surface area contributed by atoms with Crippen molar-refractivity contribution >= 4 is 28.5 Å². The van der Waals surface area contributed by atoms with Crippen molar-refractivity contribution in [2.75, 3.05) is 0 Å². The zero-order valence-electron chi connectivity index (χ0n) is 9.03. The van der Waals surface area contributed by atoms with Gasteiger partial charge in [-0.05, 0) is 47.6 Å². The quantitative estimate of drug-likeness (QED) is 0.573. The summed E-state index contributed by atoms with van der Waals surface area (Å²) in [7, 11) is 0. The molecule has 0 aromatic heterocycles. The number of fused-ring (bicyclic) bond motifs is 1. The van der Waals surface area contributed by atoms with Gasteiger partial charge in [-0.25, -0.2) is 0 Å². The number of amides is 1. The van der Waals surface area contributed by atoms with E-state index in [1.54, 1.807) is 0 Å². The van der Waals surface area contributed by atoms with Crippen LogP contribution in [0, 0.1) is 3.57 Å². The van der Waals surface area contributed by atoms with E-state index in [1.807, 2.05) is 24.3 Å². The number of carbonyl (C=O) groups excluding carboxylic acids is 1. The summed E-state index contributed by atoms with van der Waals surface area (Å²) in [4.78, 5) is 14.4. The predicted octanol–water partition coefficient (Wildman–Crippen LogP) is 3.06. The number of likely N-dealkylation sites (tertiary alicyclic amines) is 1. The molecule has 1 saturated carbocycles. The maximum absolute atomic E-state index is 12.3. The van der Waals surface area contributed by atoms with Crippen LogP contribution in [0.2, 0.25) is 0 Å². The Morgan fingerprint density at radius 3 is 2.44 bits per heavy atom. The molecule has 1 aliphatic heterocycles. The minimum atomic E-state index is 0.238. The first-order valence-corrected chi connectivity index (χ1v) is 6.94. The molecule has 0 radical (unpaired) electrons. The highest BCUT2D eigenvalue weighted by molar-refractivity contribution is 14.1. The van der Waals surface area contributed by atoms with Crippen molar-refractivity contribution in [1.82, 2.24) is 4.90 Å². The van der Waals surface area contributed by atoms with Crippen molar-refractivity contribution in [3.05, 3.63) is 33.4 Å². The molecular weight excluding hydrogens is 313 g/mol. The lowest BCUT2D eigenvalue weighted by Gasteiger charge is -2.05. The summed E-state index contributed by atoms with van der Waals surface area (Å²) in [6, 6.07) is 8.97. The molecule has 3 rings (SSSR count). The second kappa shape index (κ2) is 4.02. The molecule has 1 saturated heterocycles. The van der Waals surface area contributed by atoms with Crippen LogP contribution < -0.4 is 0 Å². The van der Waals surface area contributed by atoms with Gasteiger partial charge in [-0.1, -0.05) is 25.0 Å². The Hall–Kier alpha value is -0.580. The molecule has 2 nitrogen and oxygen atoms in total. The third kappa shape index (κ3) is 1.65. The average molecular weight is 327 g/mol. The molecule has 0 spiro atoms. The molecule has 3 heteroatoms. The van der Waals surface area contributed by atoms with Crippen molar-refractivity contribution in [3.63, 3.8) is 0 Å². The Balaban J connectivity index is 1.82. The number of rotatable bonds is 1. The van der Waals surface area contributed by atoms with Crippen LogP contribution in [0.3, 0.4) is 0 Å². The van der Waals surface area contributed by atoms with Gasteiger partial charge in [0, 0.05) is 3.57 Å². The van der Waals surface area contributed by atoms with E-state index in [1.165, 1.54) is 25.7 Å². The fourth-order valence-corrected chi connectivity index (χ4v) is 3.40. The zero-order chi connectivity index (χ0) is 11.1. The van der Waals surface area contributed by atoms with Crippen molar-refractivity contribution < 1.29 is 4.79 Å². The number of hydrogen-bond acceptors (Lipinski definition) is 1. The Bertz CT molecular complexity index is 420. The molecule has 84 valence electrons. The van der Waals surface area contributed by atoms with E-state index >= 15 is 0 Å². The van der Waals surface area contributed by atoms with Gasteiger partial charge in [-0.2, -0.15) is 0 Å². The fraction of sp³-hybridized carbons (Fsp3) is 0.462. The monoisotopic (exact) mass is 327 g/mol. The number of carbonyl (C=O) groups is 1. The van der Waals surface area contributed by atoms with Crippen molar-refractivity contribution in [1.29, 1.82) is 0 Å².